The van der Waals surface area contributed by atoms with Crippen LogP contribution in [0.5, 0.6) is 0 Å². The molecule has 0 fully saturated rings. The lowest BCUT2D eigenvalue weighted by Gasteiger charge is -2.20. The molecule has 0 aliphatic rings. The highest BCUT2D eigenvalue weighted by Gasteiger charge is 2.20. The summed E-state index contributed by atoms with van der Waals surface area (Å²) in [4.78, 5) is 23.4. The van der Waals surface area contributed by atoms with Crippen LogP contribution in [-0.4, -0.2) is 40.7 Å². The second-order valence-electron chi connectivity index (χ2n) is 8.40. The van der Waals surface area contributed by atoms with Crippen molar-refractivity contribution in [2.24, 2.45) is 5.92 Å². The Bertz CT molecular complexity index is 448. The van der Waals surface area contributed by atoms with Gasteiger partial charge in [-0.2, -0.15) is 0 Å². The molecule has 1 amide bonds. The molecule has 29 heavy (non-hydrogen) atoms. The number of Topliss-reactive ketones (excluding diaryl/α,β-unsaturated/α-hetero) is 1. The standard InChI is InChI=1S/C24H45NO4/c1-4-5-6-7-8-9-10-11-12-13-14-15-16-17-22(27)21(19-26)25-24(29)18-23(28)20(2)3/h16-17,20-22,26-27H,4-15,18-19H2,1-3H3,(H,25,29). The van der Waals surface area contributed by atoms with Gasteiger partial charge < -0.3 is 15.5 Å². The van der Waals surface area contributed by atoms with Gasteiger partial charge in [0.1, 0.15) is 5.78 Å². The number of aliphatic hydroxyl groups excluding tert-OH is 2. The Hall–Kier alpha value is -1.20. The Kier molecular flexibility index (Phi) is 18.0. The summed E-state index contributed by atoms with van der Waals surface area (Å²) in [5.74, 6) is -0.815. The van der Waals surface area contributed by atoms with E-state index < -0.39 is 18.1 Å². The van der Waals surface area contributed by atoms with Crippen LogP contribution >= 0.6 is 0 Å². The minimum absolute atomic E-state index is 0.152. The Morgan fingerprint density at radius 3 is 1.90 bits per heavy atom. The number of rotatable bonds is 19. The maximum Gasteiger partial charge on any atom is 0.227 e. The fourth-order valence-electron chi connectivity index (χ4n) is 3.16. The van der Waals surface area contributed by atoms with Crippen LogP contribution in [-0.2, 0) is 9.59 Å². The van der Waals surface area contributed by atoms with E-state index in [1.807, 2.05) is 6.08 Å². The topological polar surface area (TPSA) is 86.6 Å². The van der Waals surface area contributed by atoms with Crippen LogP contribution in [0.25, 0.3) is 0 Å². The van der Waals surface area contributed by atoms with E-state index in [2.05, 4.69) is 12.2 Å². The number of unbranched alkanes of at least 4 members (excludes halogenated alkanes) is 11. The molecular weight excluding hydrogens is 366 g/mol. The van der Waals surface area contributed by atoms with Gasteiger partial charge in [0, 0.05) is 5.92 Å². The lowest BCUT2D eigenvalue weighted by molar-refractivity contribution is -0.130. The number of allylic oxidation sites excluding steroid dienone is 1. The molecule has 0 aromatic heterocycles. The van der Waals surface area contributed by atoms with Gasteiger partial charge in [-0.25, -0.2) is 0 Å². The third-order valence-corrected chi connectivity index (χ3v) is 5.24. The molecule has 2 atom stereocenters. The number of carbonyl (C=O) groups excluding carboxylic acids is 2. The maximum atomic E-state index is 11.8. The highest BCUT2D eigenvalue weighted by Crippen LogP contribution is 2.12. The summed E-state index contributed by atoms with van der Waals surface area (Å²) in [6, 6.07) is -0.781. The molecule has 0 bridgehead atoms. The van der Waals surface area contributed by atoms with E-state index in [9.17, 15) is 19.8 Å². The quantitative estimate of drug-likeness (QED) is 0.163. The number of hydrogen-bond acceptors (Lipinski definition) is 4. The van der Waals surface area contributed by atoms with Crippen LogP contribution in [0.15, 0.2) is 12.2 Å². The first kappa shape index (κ1) is 27.8. The second-order valence-corrected chi connectivity index (χ2v) is 8.40. The molecule has 0 rings (SSSR count). The molecule has 0 aromatic carbocycles. The predicted molar refractivity (Wildman–Crippen MR) is 120 cm³/mol. The maximum absolute atomic E-state index is 11.8. The van der Waals surface area contributed by atoms with Crippen molar-refractivity contribution in [3.8, 4) is 0 Å². The van der Waals surface area contributed by atoms with Crippen LogP contribution in [0.3, 0.4) is 0 Å². The molecule has 3 N–H and O–H groups in total. The SMILES string of the molecule is CCCCCCCCCCCCCC=CC(O)C(CO)NC(=O)CC(=O)C(C)C. The fraction of sp³-hybridized carbons (Fsp3) is 0.833. The van der Waals surface area contributed by atoms with Crippen molar-refractivity contribution in [1.29, 1.82) is 0 Å². The first-order valence-electron chi connectivity index (χ1n) is 11.7. The minimum Gasteiger partial charge on any atom is -0.394 e. The van der Waals surface area contributed by atoms with E-state index in [0.717, 1.165) is 12.8 Å². The summed E-state index contributed by atoms with van der Waals surface area (Å²) >= 11 is 0. The van der Waals surface area contributed by atoms with Gasteiger partial charge in [0.05, 0.1) is 25.2 Å². The second kappa shape index (κ2) is 18.8. The van der Waals surface area contributed by atoms with Crippen molar-refractivity contribution < 1.29 is 19.8 Å². The average Bonchev–Trinajstić information content (AvgIpc) is 2.69. The van der Waals surface area contributed by atoms with Crippen molar-refractivity contribution in [3.05, 3.63) is 12.2 Å². The summed E-state index contributed by atoms with van der Waals surface area (Å²) in [7, 11) is 0. The van der Waals surface area contributed by atoms with Crippen LogP contribution in [0.2, 0.25) is 0 Å². The molecule has 0 aliphatic carbocycles. The first-order valence-corrected chi connectivity index (χ1v) is 11.7. The minimum atomic E-state index is -0.953. The van der Waals surface area contributed by atoms with Crippen molar-refractivity contribution in [3.63, 3.8) is 0 Å². The Morgan fingerprint density at radius 1 is 0.897 bits per heavy atom. The Morgan fingerprint density at radius 2 is 1.41 bits per heavy atom. The van der Waals surface area contributed by atoms with Crippen molar-refractivity contribution >= 4 is 11.7 Å². The van der Waals surface area contributed by atoms with Crippen molar-refractivity contribution in [2.45, 2.75) is 116 Å². The molecule has 0 saturated heterocycles. The summed E-state index contributed by atoms with van der Waals surface area (Å²) in [5.41, 5.74) is 0. The molecule has 0 aromatic rings. The third-order valence-electron chi connectivity index (χ3n) is 5.24. The summed E-state index contributed by atoms with van der Waals surface area (Å²) in [6.45, 7) is 5.36. The number of ketones is 1. The number of aliphatic hydroxyl groups is 2. The van der Waals surface area contributed by atoms with Crippen molar-refractivity contribution in [2.75, 3.05) is 6.61 Å². The van der Waals surface area contributed by atoms with Gasteiger partial charge in [-0.15, -0.1) is 0 Å². The van der Waals surface area contributed by atoms with Crippen LogP contribution in [0.4, 0.5) is 0 Å². The fourth-order valence-corrected chi connectivity index (χ4v) is 3.16. The van der Waals surface area contributed by atoms with Gasteiger partial charge >= 0.3 is 0 Å². The molecule has 0 spiro atoms. The highest BCUT2D eigenvalue weighted by atomic mass is 16.3. The van der Waals surface area contributed by atoms with E-state index in [4.69, 9.17) is 0 Å². The zero-order chi connectivity index (χ0) is 21.9. The average molecular weight is 412 g/mol. The van der Waals surface area contributed by atoms with Crippen LogP contribution < -0.4 is 5.32 Å². The van der Waals surface area contributed by atoms with Gasteiger partial charge in [0.15, 0.2) is 0 Å². The van der Waals surface area contributed by atoms with E-state index in [0.29, 0.717) is 0 Å². The van der Waals surface area contributed by atoms with E-state index >= 15 is 0 Å². The summed E-state index contributed by atoms with van der Waals surface area (Å²) in [6.07, 6.45) is 17.6. The van der Waals surface area contributed by atoms with Gasteiger partial charge in [0.2, 0.25) is 5.91 Å². The number of carbonyl (C=O) groups is 2. The number of nitrogens with one attached hydrogen (secondary N) is 1. The predicted octanol–water partition coefficient (Wildman–Crippen LogP) is 4.70. The zero-order valence-corrected chi connectivity index (χ0v) is 19.0. The Labute approximate surface area is 178 Å². The largest absolute Gasteiger partial charge is 0.394 e. The summed E-state index contributed by atoms with van der Waals surface area (Å²) < 4.78 is 0. The first-order chi connectivity index (χ1) is 13.9. The molecule has 0 heterocycles. The van der Waals surface area contributed by atoms with E-state index in [1.165, 1.54) is 64.2 Å². The van der Waals surface area contributed by atoms with Gasteiger partial charge in [-0.3, -0.25) is 9.59 Å². The molecule has 0 saturated carbocycles. The molecule has 5 nitrogen and oxygen atoms in total. The van der Waals surface area contributed by atoms with Crippen molar-refractivity contribution in [1.82, 2.24) is 5.32 Å². The lowest BCUT2D eigenvalue weighted by Crippen LogP contribution is -2.45. The Balaban J connectivity index is 3.80. The lowest BCUT2D eigenvalue weighted by atomic mass is 10.0. The van der Waals surface area contributed by atoms with E-state index in [1.54, 1.807) is 19.9 Å². The molecule has 170 valence electrons. The molecule has 0 radical (unpaired) electrons. The van der Waals surface area contributed by atoms with E-state index in [-0.39, 0.29) is 24.7 Å². The monoisotopic (exact) mass is 411 g/mol. The van der Waals surface area contributed by atoms with Crippen LogP contribution in [0, 0.1) is 5.92 Å². The molecular formula is C24H45NO4. The van der Waals surface area contributed by atoms with Crippen LogP contribution in [0.1, 0.15) is 104 Å². The molecule has 2 unspecified atom stereocenters. The summed E-state index contributed by atoms with van der Waals surface area (Å²) in [5, 5.41) is 22.1. The molecule has 0 aliphatic heterocycles. The zero-order valence-electron chi connectivity index (χ0n) is 19.0. The van der Waals surface area contributed by atoms with Gasteiger partial charge in [0.25, 0.3) is 0 Å². The van der Waals surface area contributed by atoms with Gasteiger partial charge in [-0.05, 0) is 12.8 Å². The number of hydrogen-bond donors (Lipinski definition) is 3. The smallest absolute Gasteiger partial charge is 0.227 e. The van der Waals surface area contributed by atoms with Gasteiger partial charge in [-0.1, -0.05) is 97.1 Å². The number of amides is 1. The highest BCUT2D eigenvalue weighted by molar-refractivity contribution is 5.98. The molecule has 5 heteroatoms. The third kappa shape index (κ3) is 16.3. The normalized spacial score (nSPS) is 13.7.